The van der Waals surface area contributed by atoms with Gasteiger partial charge in [-0.2, -0.15) is 0 Å². The summed E-state index contributed by atoms with van der Waals surface area (Å²) >= 11 is 0. The molecule has 4 aliphatic carbocycles. The predicted octanol–water partition coefficient (Wildman–Crippen LogP) is 4.31. The van der Waals surface area contributed by atoms with Crippen molar-refractivity contribution in [3.63, 3.8) is 0 Å². The second-order valence-electron chi connectivity index (χ2n) is 11.3. The lowest BCUT2D eigenvalue weighted by molar-refractivity contribution is -0.170. The number of halogens is 1. The second kappa shape index (κ2) is 7.30. The Kier molecular flexibility index (Phi) is 4.98. The fourth-order valence-electron chi connectivity index (χ4n) is 8.11. The van der Waals surface area contributed by atoms with E-state index in [1.54, 1.807) is 0 Å². The highest BCUT2D eigenvalue weighted by Gasteiger charge is 2.62. The third-order valence-corrected chi connectivity index (χ3v) is 8.31. The van der Waals surface area contributed by atoms with Gasteiger partial charge < -0.3 is 10.1 Å². The highest BCUT2D eigenvalue weighted by molar-refractivity contribution is 5.83. The number of ether oxygens (including phenoxy) is 1. The van der Waals surface area contributed by atoms with E-state index in [0.29, 0.717) is 36.5 Å². The van der Waals surface area contributed by atoms with Gasteiger partial charge in [-0.25, -0.2) is 4.39 Å². The minimum Gasteiger partial charge on any atom is -0.379 e. The first-order valence-corrected chi connectivity index (χ1v) is 11.6. The van der Waals surface area contributed by atoms with Crippen LogP contribution in [-0.2, 0) is 9.53 Å². The van der Waals surface area contributed by atoms with Crippen molar-refractivity contribution in [1.29, 1.82) is 0 Å². The van der Waals surface area contributed by atoms with E-state index in [1.165, 1.54) is 31.4 Å². The topological polar surface area (TPSA) is 41.6 Å². The zero-order valence-corrected chi connectivity index (χ0v) is 18.4. The zero-order valence-electron chi connectivity index (χ0n) is 18.4. The van der Waals surface area contributed by atoms with Gasteiger partial charge in [-0.05, 0) is 73.0 Å². The van der Waals surface area contributed by atoms with Crippen molar-refractivity contribution in [3.05, 3.63) is 35.6 Å². The highest BCUT2D eigenvalue weighted by Crippen LogP contribution is 2.69. The predicted molar refractivity (Wildman–Crippen MR) is 114 cm³/mol. The van der Waals surface area contributed by atoms with E-state index >= 15 is 0 Å². The zero-order chi connectivity index (χ0) is 21.0. The molecule has 3 atom stereocenters. The van der Waals surface area contributed by atoms with Crippen LogP contribution in [0.4, 0.5) is 4.39 Å². The van der Waals surface area contributed by atoms with Crippen LogP contribution in [0.2, 0.25) is 0 Å². The first-order valence-electron chi connectivity index (χ1n) is 11.6. The van der Waals surface area contributed by atoms with Crippen molar-refractivity contribution >= 4 is 5.91 Å². The molecule has 4 saturated carbocycles. The minimum atomic E-state index is -0.224. The van der Waals surface area contributed by atoms with Crippen LogP contribution in [0.3, 0.4) is 0 Å². The number of hydrogen-bond donors (Lipinski definition) is 1. The molecule has 6 rings (SSSR count). The number of nitrogens with one attached hydrogen (secondary N) is 1. The molecule has 5 heteroatoms. The molecule has 4 nitrogen and oxygen atoms in total. The van der Waals surface area contributed by atoms with Gasteiger partial charge in [-0.3, -0.25) is 9.69 Å². The minimum absolute atomic E-state index is 0.0542. The normalized spacial score (nSPS) is 39.1. The number of amides is 1. The van der Waals surface area contributed by atoms with Gasteiger partial charge in [0.2, 0.25) is 5.91 Å². The number of morpholine rings is 1. The van der Waals surface area contributed by atoms with Gasteiger partial charge in [0.25, 0.3) is 0 Å². The summed E-state index contributed by atoms with van der Waals surface area (Å²) in [5.41, 5.74) is 1.52. The summed E-state index contributed by atoms with van der Waals surface area (Å²) in [6.45, 7) is 8.47. The number of carbonyl (C=O) groups excluding carboxylic acids is 1. The lowest BCUT2D eigenvalue weighted by atomic mass is 9.40. The number of hydrogen-bond acceptors (Lipinski definition) is 3. The number of nitrogens with zero attached hydrogens (tertiary/aromatic N) is 1. The van der Waals surface area contributed by atoms with Crippen molar-refractivity contribution in [2.24, 2.45) is 22.2 Å². The van der Waals surface area contributed by atoms with Crippen LogP contribution in [0.15, 0.2) is 24.3 Å². The molecule has 1 amide bonds. The summed E-state index contributed by atoms with van der Waals surface area (Å²) in [5.74, 6) is 0.733. The van der Waals surface area contributed by atoms with E-state index in [1.807, 2.05) is 12.1 Å². The fourth-order valence-corrected chi connectivity index (χ4v) is 8.11. The number of rotatable bonds is 5. The van der Waals surface area contributed by atoms with Crippen molar-refractivity contribution in [3.8, 4) is 0 Å². The molecule has 1 saturated heterocycles. The molecule has 1 aromatic carbocycles. The molecule has 164 valence electrons. The molecule has 0 spiro atoms. The van der Waals surface area contributed by atoms with Crippen molar-refractivity contribution < 1.29 is 13.9 Å². The molecule has 1 aliphatic heterocycles. The average Bonchev–Trinajstić information content (AvgIpc) is 2.67. The Bertz CT molecular complexity index is 786. The van der Waals surface area contributed by atoms with Gasteiger partial charge in [-0.15, -0.1) is 0 Å². The van der Waals surface area contributed by atoms with Crippen LogP contribution >= 0.6 is 0 Å². The maximum Gasteiger partial charge on any atom is 0.226 e. The van der Waals surface area contributed by atoms with Crippen LogP contribution in [0, 0.1) is 28.0 Å². The molecule has 5 fully saturated rings. The highest BCUT2D eigenvalue weighted by atomic mass is 19.1. The van der Waals surface area contributed by atoms with E-state index in [9.17, 15) is 9.18 Å². The van der Waals surface area contributed by atoms with E-state index in [4.69, 9.17) is 4.74 Å². The molecule has 0 aromatic heterocycles. The lowest BCUT2D eigenvalue weighted by Crippen LogP contribution is -2.60. The summed E-state index contributed by atoms with van der Waals surface area (Å²) in [5, 5.41) is 3.37. The Morgan fingerprint density at radius 3 is 2.33 bits per heavy atom. The van der Waals surface area contributed by atoms with Crippen LogP contribution < -0.4 is 5.32 Å². The molecule has 3 unspecified atom stereocenters. The van der Waals surface area contributed by atoms with Crippen molar-refractivity contribution in [2.75, 3.05) is 32.8 Å². The second-order valence-corrected chi connectivity index (χ2v) is 11.3. The number of carbonyl (C=O) groups is 1. The van der Waals surface area contributed by atoms with Crippen molar-refractivity contribution in [2.45, 2.75) is 58.4 Å². The summed E-state index contributed by atoms with van der Waals surface area (Å²) in [6.07, 6.45) is 7.00. The third-order valence-electron chi connectivity index (χ3n) is 8.31. The monoisotopic (exact) mass is 414 g/mol. The Morgan fingerprint density at radius 1 is 1.10 bits per heavy atom. The van der Waals surface area contributed by atoms with Gasteiger partial charge in [-0.1, -0.05) is 26.0 Å². The summed E-state index contributed by atoms with van der Waals surface area (Å²) in [4.78, 5) is 16.0. The maximum atomic E-state index is 13.6. The number of benzene rings is 1. The van der Waals surface area contributed by atoms with Gasteiger partial charge in [0.1, 0.15) is 5.82 Å². The van der Waals surface area contributed by atoms with E-state index in [0.717, 1.165) is 37.9 Å². The summed E-state index contributed by atoms with van der Waals surface area (Å²) in [7, 11) is 0. The molecule has 5 aliphatic rings. The van der Waals surface area contributed by atoms with E-state index in [2.05, 4.69) is 24.1 Å². The van der Waals surface area contributed by atoms with E-state index < -0.39 is 0 Å². The summed E-state index contributed by atoms with van der Waals surface area (Å²) < 4.78 is 19.0. The van der Waals surface area contributed by atoms with Crippen LogP contribution in [-0.4, -0.2) is 43.7 Å². The average molecular weight is 415 g/mol. The Balaban J connectivity index is 1.33. The molecule has 0 radical (unpaired) electrons. The van der Waals surface area contributed by atoms with Gasteiger partial charge in [0, 0.05) is 19.6 Å². The molecular weight excluding hydrogens is 379 g/mol. The SMILES string of the molecule is CC12CC3CC(C)(C1)CC(C(=O)NCC(c1ccc(F)cc1)N1CCOCC1)(C3)C2. The molecule has 1 aromatic rings. The maximum absolute atomic E-state index is 13.6. The Hall–Kier alpha value is -1.46. The first kappa shape index (κ1) is 20.4. The van der Waals surface area contributed by atoms with Crippen LogP contribution in [0.1, 0.15) is 64.0 Å². The van der Waals surface area contributed by atoms with Gasteiger partial charge >= 0.3 is 0 Å². The summed E-state index contributed by atoms with van der Waals surface area (Å²) in [6, 6.07) is 6.80. The van der Waals surface area contributed by atoms with Gasteiger partial charge in [0.15, 0.2) is 0 Å². The molecule has 4 bridgehead atoms. The fraction of sp³-hybridized carbons (Fsp3) is 0.720. The smallest absolute Gasteiger partial charge is 0.226 e. The Labute approximate surface area is 179 Å². The standard InChI is InChI=1S/C25H35FN2O2/c1-23-11-18-12-24(2,15-23)17-25(13-18,16-23)22(29)27-14-21(28-7-9-30-10-8-28)19-3-5-20(26)6-4-19/h3-6,18,21H,7-17H2,1-2H3,(H,27,29). The molecule has 30 heavy (non-hydrogen) atoms. The third kappa shape index (κ3) is 3.69. The van der Waals surface area contributed by atoms with Gasteiger partial charge in [0.05, 0.1) is 24.7 Å². The van der Waals surface area contributed by atoms with E-state index in [-0.39, 0.29) is 23.2 Å². The van der Waals surface area contributed by atoms with Crippen LogP contribution in [0.25, 0.3) is 0 Å². The first-order chi connectivity index (χ1) is 14.3. The molecule has 1 N–H and O–H groups in total. The molecular formula is C25H35FN2O2. The van der Waals surface area contributed by atoms with Crippen molar-refractivity contribution in [1.82, 2.24) is 10.2 Å². The lowest BCUT2D eigenvalue weighted by Gasteiger charge is -2.64. The van der Waals surface area contributed by atoms with Crippen LogP contribution in [0.5, 0.6) is 0 Å². The quantitative estimate of drug-likeness (QED) is 0.781. The largest absolute Gasteiger partial charge is 0.379 e. The Morgan fingerprint density at radius 2 is 1.73 bits per heavy atom. The molecule has 1 heterocycles.